The number of nitrogens with one attached hydrogen (secondary N) is 1. The van der Waals surface area contributed by atoms with E-state index in [-0.39, 0.29) is 0 Å². The first-order chi connectivity index (χ1) is 7.13. The molecule has 0 spiro atoms. The van der Waals surface area contributed by atoms with Gasteiger partial charge in [0.15, 0.2) is 0 Å². The number of hydrogen-bond donors (Lipinski definition) is 2. The Hall–Kier alpha value is -1.13. The monoisotopic (exact) mass is 208 g/mol. The van der Waals surface area contributed by atoms with Crippen molar-refractivity contribution in [3.8, 4) is 5.88 Å². The molecule has 0 amide bonds. The molecule has 1 aromatic heterocycles. The zero-order chi connectivity index (χ0) is 10.9. The second-order valence-electron chi connectivity index (χ2n) is 4.17. The number of ether oxygens (including phenoxy) is 1. The van der Waals surface area contributed by atoms with E-state index in [1.807, 2.05) is 13.0 Å². The molecule has 1 fully saturated rings. The Balaban J connectivity index is 2.12. The van der Waals surface area contributed by atoms with Gasteiger partial charge in [0.1, 0.15) is 0 Å². The van der Waals surface area contributed by atoms with Crippen LogP contribution in [-0.4, -0.2) is 35.9 Å². The summed E-state index contributed by atoms with van der Waals surface area (Å²) in [6.07, 6.45) is 2.42. The molecular weight excluding hydrogens is 192 g/mol. The molecule has 1 saturated heterocycles. The molecule has 4 heteroatoms. The lowest BCUT2D eigenvalue weighted by molar-refractivity contribution is -0.00910. The summed E-state index contributed by atoms with van der Waals surface area (Å²) in [4.78, 5) is 4.19. The van der Waals surface area contributed by atoms with Gasteiger partial charge in [0.05, 0.1) is 12.7 Å². The molecule has 0 atom stereocenters. The number of pyridine rings is 1. The van der Waals surface area contributed by atoms with Crippen LogP contribution in [0.1, 0.15) is 11.1 Å². The lowest BCUT2D eigenvalue weighted by Gasteiger charge is -2.37. The second kappa shape index (κ2) is 3.79. The van der Waals surface area contributed by atoms with Gasteiger partial charge in [-0.3, -0.25) is 0 Å². The first-order valence-corrected chi connectivity index (χ1v) is 5.06. The molecule has 1 aliphatic heterocycles. The number of nitrogens with zero attached hydrogens (tertiary/aromatic N) is 1. The summed E-state index contributed by atoms with van der Waals surface area (Å²) in [7, 11) is 1.61. The Morgan fingerprint density at radius 2 is 2.33 bits per heavy atom. The van der Waals surface area contributed by atoms with E-state index in [0.29, 0.717) is 25.4 Å². The van der Waals surface area contributed by atoms with Gasteiger partial charge in [-0.1, -0.05) is 0 Å². The molecule has 0 aromatic carbocycles. The van der Waals surface area contributed by atoms with Crippen molar-refractivity contribution in [1.29, 1.82) is 0 Å². The molecule has 2 rings (SSSR count). The van der Waals surface area contributed by atoms with E-state index in [4.69, 9.17) is 4.74 Å². The number of aryl methyl sites for hydroxylation is 1. The van der Waals surface area contributed by atoms with Crippen LogP contribution in [0.15, 0.2) is 12.3 Å². The highest BCUT2D eigenvalue weighted by molar-refractivity contribution is 5.29. The molecule has 82 valence electrons. The van der Waals surface area contributed by atoms with Crippen molar-refractivity contribution in [1.82, 2.24) is 10.3 Å². The molecule has 1 aliphatic rings. The van der Waals surface area contributed by atoms with Crippen LogP contribution < -0.4 is 10.1 Å². The Morgan fingerprint density at radius 1 is 1.60 bits per heavy atom. The minimum atomic E-state index is -0.581. The first kappa shape index (κ1) is 10.4. The van der Waals surface area contributed by atoms with Crippen molar-refractivity contribution in [3.05, 3.63) is 23.4 Å². The molecule has 0 aliphatic carbocycles. The predicted octanol–water partition coefficient (Wildman–Crippen LogP) is 0.275. The van der Waals surface area contributed by atoms with Crippen molar-refractivity contribution in [3.63, 3.8) is 0 Å². The predicted molar refractivity (Wildman–Crippen MR) is 57.0 cm³/mol. The summed E-state index contributed by atoms with van der Waals surface area (Å²) in [5.41, 5.74) is 1.48. The van der Waals surface area contributed by atoms with E-state index < -0.39 is 5.60 Å². The topological polar surface area (TPSA) is 54.4 Å². The fraction of sp³-hybridized carbons (Fsp3) is 0.545. The van der Waals surface area contributed by atoms with E-state index in [0.717, 1.165) is 11.1 Å². The number of aliphatic hydroxyl groups is 1. The number of hydrogen-bond acceptors (Lipinski definition) is 4. The molecule has 0 radical (unpaired) electrons. The number of rotatable bonds is 3. The van der Waals surface area contributed by atoms with Crippen LogP contribution in [0.25, 0.3) is 0 Å². The van der Waals surface area contributed by atoms with E-state index in [1.54, 1.807) is 13.3 Å². The van der Waals surface area contributed by atoms with Gasteiger partial charge in [-0.05, 0) is 18.6 Å². The third-order valence-electron chi connectivity index (χ3n) is 2.72. The van der Waals surface area contributed by atoms with Gasteiger partial charge in [-0.15, -0.1) is 0 Å². The molecule has 0 saturated carbocycles. The van der Waals surface area contributed by atoms with Gasteiger partial charge in [0.25, 0.3) is 0 Å². The summed E-state index contributed by atoms with van der Waals surface area (Å²) in [5, 5.41) is 13.0. The van der Waals surface area contributed by atoms with Crippen LogP contribution in [0.5, 0.6) is 5.88 Å². The maximum Gasteiger partial charge on any atom is 0.215 e. The summed E-state index contributed by atoms with van der Waals surface area (Å²) in [6, 6.07) is 2.02. The normalized spacial score (nSPS) is 18.3. The van der Waals surface area contributed by atoms with Gasteiger partial charge >= 0.3 is 0 Å². The smallest absolute Gasteiger partial charge is 0.215 e. The molecule has 1 aromatic rings. The van der Waals surface area contributed by atoms with Crippen LogP contribution in [0.3, 0.4) is 0 Å². The minimum Gasteiger partial charge on any atom is -0.481 e. The third kappa shape index (κ3) is 2.11. The highest BCUT2D eigenvalue weighted by Gasteiger charge is 2.34. The van der Waals surface area contributed by atoms with Crippen molar-refractivity contribution in [2.45, 2.75) is 18.9 Å². The average molecular weight is 208 g/mol. The van der Waals surface area contributed by atoms with Crippen molar-refractivity contribution < 1.29 is 9.84 Å². The van der Waals surface area contributed by atoms with Crippen molar-refractivity contribution in [2.24, 2.45) is 0 Å². The lowest BCUT2D eigenvalue weighted by atomic mass is 9.89. The number of aromatic nitrogens is 1. The van der Waals surface area contributed by atoms with Crippen molar-refractivity contribution in [2.75, 3.05) is 20.2 Å². The highest BCUT2D eigenvalue weighted by atomic mass is 16.5. The SMILES string of the molecule is COc1ncc(CC2(O)CNC2)cc1C. The third-order valence-corrected chi connectivity index (χ3v) is 2.72. The van der Waals surface area contributed by atoms with Gasteiger partial charge in [-0.25, -0.2) is 4.98 Å². The first-order valence-electron chi connectivity index (χ1n) is 5.06. The van der Waals surface area contributed by atoms with Crippen molar-refractivity contribution >= 4 is 0 Å². The van der Waals surface area contributed by atoms with Gasteiger partial charge < -0.3 is 15.2 Å². The van der Waals surface area contributed by atoms with Gasteiger partial charge in [0.2, 0.25) is 5.88 Å². The average Bonchev–Trinajstić information content (AvgIpc) is 2.16. The minimum absolute atomic E-state index is 0.581. The van der Waals surface area contributed by atoms with Gasteiger partial charge in [-0.2, -0.15) is 0 Å². The largest absolute Gasteiger partial charge is 0.481 e. The van der Waals surface area contributed by atoms with E-state index >= 15 is 0 Å². The summed E-state index contributed by atoms with van der Waals surface area (Å²) >= 11 is 0. The summed E-state index contributed by atoms with van der Waals surface area (Å²) < 4.78 is 5.08. The number of β-amino-alcohol motifs (C(OH)–C–C–N with tert-alkyl or cyclic N) is 1. The molecule has 0 unspecified atom stereocenters. The van der Waals surface area contributed by atoms with E-state index in [9.17, 15) is 5.11 Å². The fourth-order valence-corrected chi connectivity index (χ4v) is 1.85. The van der Waals surface area contributed by atoms with E-state index in [2.05, 4.69) is 10.3 Å². The quantitative estimate of drug-likeness (QED) is 0.749. The second-order valence-corrected chi connectivity index (χ2v) is 4.17. The Kier molecular flexibility index (Phi) is 2.63. The standard InChI is InChI=1S/C11H16N2O2/c1-8-3-9(5-13-10(8)15-2)4-11(14)6-12-7-11/h3,5,12,14H,4,6-7H2,1-2H3. The molecule has 2 N–H and O–H groups in total. The lowest BCUT2D eigenvalue weighted by Crippen LogP contribution is -2.60. The Labute approximate surface area is 89.3 Å². The van der Waals surface area contributed by atoms with Gasteiger partial charge in [0, 0.05) is 31.3 Å². The summed E-state index contributed by atoms with van der Waals surface area (Å²) in [5.74, 6) is 0.650. The number of methoxy groups -OCH3 is 1. The molecular formula is C11H16N2O2. The molecule has 0 bridgehead atoms. The van der Waals surface area contributed by atoms with Crippen LogP contribution >= 0.6 is 0 Å². The fourth-order valence-electron chi connectivity index (χ4n) is 1.85. The zero-order valence-electron chi connectivity index (χ0n) is 9.08. The zero-order valence-corrected chi connectivity index (χ0v) is 9.08. The van der Waals surface area contributed by atoms with Crippen LogP contribution in [0.4, 0.5) is 0 Å². The van der Waals surface area contributed by atoms with Crippen LogP contribution in [-0.2, 0) is 6.42 Å². The Morgan fingerprint density at radius 3 is 2.80 bits per heavy atom. The maximum atomic E-state index is 9.96. The molecule has 15 heavy (non-hydrogen) atoms. The Bertz CT molecular complexity index is 362. The van der Waals surface area contributed by atoms with E-state index in [1.165, 1.54) is 0 Å². The highest BCUT2D eigenvalue weighted by Crippen LogP contribution is 2.20. The van der Waals surface area contributed by atoms with Crippen LogP contribution in [0, 0.1) is 6.92 Å². The summed E-state index contributed by atoms with van der Waals surface area (Å²) in [6.45, 7) is 3.29. The maximum absolute atomic E-state index is 9.96. The van der Waals surface area contributed by atoms with Crippen LogP contribution in [0.2, 0.25) is 0 Å². The molecule has 4 nitrogen and oxygen atoms in total. The molecule has 2 heterocycles.